The topological polar surface area (TPSA) is 53.3 Å². The van der Waals surface area contributed by atoms with Gasteiger partial charge in [0.15, 0.2) is 0 Å². The molecule has 9 heteroatoms. The Morgan fingerprint density at radius 3 is 1.89 bits per heavy atom. The van der Waals surface area contributed by atoms with Gasteiger partial charge >= 0.3 is 224 Å². The molecule has 1 aliphatic rings. The van der Waals surface area contributed by atoms with Crippen LogP contribution in [0.3, 0.4) is 0 Å². The molecule has 1 aliphatic heterocycles. The number of rotatable bonds is 4. The molecule has 0 radical (unpaired) electrons. The van der Waals surface area contributed by atoms with Crippen LogP contribution in [0.15, 0.2) is 48.6 Å². The number of benzene rings is 2. The van der Waals surface area contributed by atoms with E-state index in [1.807, 2.05) is 0 Å². The van der Waals surface area contributed by atoms with E-state index < -0.39 is 20.4 Å². The van der Waals surface area contributed by atoms with Gasteiger partial charge in [-0.2, -0.15) is 0 Å². The van der Waals surface area contributed by atoms with Gasteiger partial charge in [-0.3, -0.25) is 0 Å². The fourth-order valence-corrected chi connectivity index (χ4v) is 6.76. The molecule has 0 aliphatic carbocycles. The molecule has 0 atom stereocenters. The molecule has 2 aromatic carbocycles. The maximum absolute atomic E-state index is 6.06. The summed E-state index contributed by atoms with van der Waals surface area (Å²) < 4.78 is 33.7. The molecule has 0 unspecified atom stereocenters. The minimum absolute atomic E-state index is 0. The van der Waals surface area contributed by atoms with Gasteiger partial charge in [-0.05, 0) is 0 Å². The minimum Gasteiger partial charge on any atom is -1.00 e. The van der Waals surface area contributed by atoms with Gasteiger partial charge in [-0.1, -0.05) is 0 Å². The summed E-state index contributed by atoms with van der Waals surface area (Å²) in [5, 5.41) is 0. The number of aromatic nitrogens is 1. The van der Waals surface area contributed by atoms with E-state index in [2.05, 4.69) is 91.3 Å². The summed E-state index contributed by atoms with van der Waals surface area (Å²) in [5.74, 6) is 1.52. The fraction of sp³-hybridized carbons (Fsp3) is 0.393. The Morgan fingerprint density at radius 1 is 0.757 bits per heavy atom. The largest absolute Gasteiger partial charge is 1.00 e. The predicted molar refractivity (Wildman–Crippen MR) is 144 cm³/mol. The number of nitrogens with zero attached hydrogens (tertiary/aromatic N) is 2. The summed E-state index contributed by atoms with van der Waals surface area (Å²) in [6.45, 7) is 4.17. The number of halogens is 1. The standard InChI is InChI=1S/C28H35N2O5Te.HI/c1-29(2)23-10-8-22(9-11-23)6-4-5-7-28-30(3)24-20-25-26(21-27(24)36-28)35-19-17-33-15-13-31-12-14-32-16-18-34-25;/h4-11,20-21H,12-19H2,1-3H3;1H/q+1;/p-1. The Hall–Kier alpha value is -1.61. The quantitative estimate of drug-likeness (QED) is 0.167. The number of aryl methyl sites for hydroxylation is 1. The monoisotopic (exact) mass is 736 g/mol. The zero-order chi connectivity index (χ0) is 25.2. The molecule has 0 N–H and O–H groups in total. The third kappa shape index (κ3) is 8.98. The number of allylic oxidation sites excluding steroid dienone is 2. The molecule has 4 rings (SSSR count). The molecule has 37 heavy (non-hydrogen) atoms. The van der Waals surface area contributed by atoms with E-state index in [-0.39, 0.29) is 24.0 Å². The van der Waals surface area contributed by atoms with E-state index in [0.717, 1.165) is 11.5 Å². The summed E-state index contributed by atoms with van der Waals surface area (Å²) in [4.78, 5) is 2.10. The number of hydrogen-bond donors (Lipinski definition) is 0. The third-order valence-electron chi connectivity index (χ3n) is 5.69. The first kappa shape index (κ1) is 29.9. The maximum atomic E-state index is 6.06. The van der Waals surface area contributed by atoms with Crippen LogP contribution >= 0.6 is 0 Å². The molecule has 0 amide bonds. The van der Waals surface area contributed by atoms with Crippen LogP contribution in [0.2, 0.25) is 0 Å². The summed E-state index contributed by atoms with van der Waals surface area (Å²) in [6, 6.07) is 12.8. The Balaban J connectivity index is 0.00000380. The van der Waals surface area contributed by atoms with Crippen molar-refractivity contribution in [3.05, 3.63) is 57.8 Å². The molecule has 0 fully saturated rings. The Kier molecular flexibility index (Phi) is 12.7. The minimum atomic E-state index is -0.538. The zero-order valence-electron chi connectivity index (χ0n) is 21.7. The van der Waals surface area contributed by atoms with Gasteiger partial charge in [0.25, 0.3) is 0 Å². The molecule has 0 saturated carbocycles. The SMILES string of the molecule is CN(C)c1ccc(/C=C/C=C/c2[te]c3cc4c(cc3[n+]2C)OCCOCCOCCOCCO4)cc1.[I-]. The van der Waals surface area contributed by atoms with E-state index in [9.17, 15) is 0 Å². The Bertz CT molecular complexity index is 1180. The van der Waals surface area contributed by atoms with Crippen molar-refractivity contribution >= 4 is 47.2 Å². The van der Waals surface area contributed by atoms with E-state index in [0.29, 0.717) is 52.9 Å². The van der Waals surface area contributed by atoms with Crippen LogP contribution in [0.25, 0.3) is 21.1 Å². The Morgan fingerprint density at radius 2 is 1.30 bits per heavy atom. The van der Waals surface area contributed by atoms with Gasteiger partial charge in [0, 0.05) is 0 Å². The maximum Gasteiger partial charge on any atom is -1.00 e. The summed E-state index contributed by atoms with van der Waals surface area (Å²) in [7, 11) is 6.22. The second-order valence-electron chi connectivity index (χ2n) is 8.50. The Labute approximate surface area is 246 Å². The number of fused-ring (bicyclic) bond motifs is 2. The van der Waals surface area contributed by atoms with Crippen LogP contribution < -0.4 is 42.9 Å². The first-order valence-corrected chi connectivity index (χ1v) is 14.5. The van der Waals surface area contributed by atoms with Crippen molar-refractivity contribution in [3.63, 3.8) is 0 Å². The van der Waals surface area contributed by atoms with Gasteiger partial charge in [0.2, 0.25) is 0 Å². The van der Waals surface area contributed by atoms with Crippen molar-refractivity contribution in [2.75, 3.05) is 71.9 Å². The summed E-state index contributed by atoms with van der Waals surface area (Å²) in [6.07, 6.45) is 8.58. The van der Waals surface area contributed by atoms with Crippen molar-refractivity contribution in [1.82, 2.24) is 0 Å². The van der Waals surface area contributed by atoms with E-state index in [1.54, 1.807) is 0 Å². The molecule has 0 bridgehead atoms. The van der Waals surface area contributed by atoms with E-state index in [4.69, 9.17) is 23.7 Å². The molecule has 7 nitrogen and oxygen atoms in total. The third-order valence-corrected chi connectivity index (χ3v) is 9.02. The van der Waals surface area contributed by atoms with Crippen molar-refractivity contribution in [3.8, 4) is 11.5 Å². The number of ether oxygens (including phenoxy) is 5. The average molecular weight is 734 g/mol. The van der Waals surface area contributed by atoms with Crippen molar-refractivity contribution in [2.24, 2.45) is 7.05 Å². The first-order chi connectivity index (χ1) is 17.6. The van der Waals surface area contributed by atoms with Crippen LogP contribution in [0.1, 0.15) is 9.27 Å². The van der Waals surface area contributed by atoms with Gasteiger partial charge in [0.1, 0.15) is 0 Å². The van der Waals surface area contributed by atoms with Crippen molar-refractivity contribution in [2.45, 2.75) is 0 Å². The van der Waals surface area contributed by atoms with Gasteiger partial charge in [0.05, 0.1) is 0 Å². The normalized spacial score (nSPS) is 15.9. The van der Waals surface area contributed by atoms with Crippen LogP contribution in [0.5, 0.6) is 11.5 Å². The number of hydrogen-bond acceptors (Lipinski definition) is 6. The molecule has 2 heterocycles. The van der Waals surface area contributed by atoms with Crippen LogP contribution in [0, 0.1) is 0 Å². The molecule has 0 spiro atoms. The molecular weight excluding hydrogens is 699 g/mol. The summed E-state index contributed by atoms with van der Waals surface area (Å²) >= 11 is -0.538. The van der Waals surface area contributed by atoms with E-state index in [1.165, 1.54) is 23.9 Å². The molecule has 3 aromatic rings. The second kappa shape index (κ2) is 15.7. The van der Waals surface area contributed by atoms with E-state index >= 15 is 0 Å². The smallest absolute Gasteiger partial charge is 1.00 e. The van der Waals surface area contributed by atoms with Gasteiger partial charge in [-0.25, -0.2) is 0 Å². The zero-order valence-corrected chi connectivity index (χ0v) is 26.1. The molecule has 200 valence electrons. The average Bonchev–Trinajstić information content (AvgIpc) is 3.18. The molecule has 1 aromatic heterocycles. The fourth-order valence-electron chi connectivity index (χ4n) is 3.70. The van der Waals surface area contributed by atoms with Crippen LogP contribution in [-0.4, -0.2) is 87.4 Å². The van der Waals surface area contributed by atoms with Crippen LogP contribution in [-0.2, 0) is 21.3 Å². The van der Waals surface area contributed by atoms with Crippen LogP contribution in [0.4, 0.5) is 5.69 Å². The first-order valence-electron chi connectivity index (χ1n) is 12.2. The van der Waals surface area contributed by atoms with Crippen molar-refractivity contribution in [1.29, 1.82) is 0 Å². The molecular formula is C28H35IN2O5Te. The molecule has 0 saturated heterocycles. The van der Waals surface area contributed by atoms with Gasteiger partial charge in [-0.15, -0.1) is 0 Å². The van der Waals surface area contributed by atoms with Crippen molar-refractivity contribution < 1.29 is 52.2 Å². The summed E-state index contributed by atoms with van der Waals surface area (Å²) in [5.41, 5.74) is 3.57. The second-order valence-corrected chi connectivity index (χ2v) is 11.5. The predicted octanol–water partition coefficient (Wildman–Crippen LogP) is 0.339. The number of anilines is 1. The van der Waals surface area contributed by atoms with Gasteiger partial charge < -0.3 is 24.0 Å².